The van der Waals surface area contributed by atoms with Crippen molar-refractivity contribution in [3.8, 4) is 0 Å². The number of aliphatic hydroxyl groups is 1. The quantitative estimate of drug-likeness (QED) is 0.728. The van der Waals surface area contributed by atoms with E-state index in [1.54, 1.807) is 11.8 Å². The summed E-state index contributed by atoms with van der Waals surface area (Å²) >= 11 is 0. The highest BCUT2D eigenvalue weighted by molar-refractivity contribution is 5.84. The molecule has 1 rings (SSSR count). The Morgan fingerprint density at radius 1 is 1.38 bits per heavy atom. The minimum absolute atomic E-state index is 0.0418. The zero-order chi connectivity index (χ0) is 12.3. The molecule has 0 bridgehead atoms. The lowest BCUT2D eigenvalue weighted by Gasteiger charge is -2.27. The normalized spacial score (nSPS) is 24.2. The average molecular weight is 229 g/mol. The molecule has 92 valence electrons. The molecule has 1 aliphatic heterocycles. The molecule has 1 fully saturated rings. The van der Waals surface area contributed by atoms with Crippen LogP contribution in [0.3, 0.4) is 0 Å². The summed E-state index contributed by atoms with van der Waals surface area (Å²) in [6, 6.07) is -0.129. The number of aliphatic hydroxyl groups excluding tert-OH is 1. The fourth-order valence-corrected chi connectivity index (χ4v) is 2.00. The van der Waals surface area contributed by atoms with E-state index >= 15 is 0 Å². The van der Waals surface area contributed by atoms with Gasteiger partial charge in [0.1, 0.15) is 0 Å². The maximum Gasteiger partial charge on any atom is 0.307 e. The molecule has 2 unspecified atom stereocenters. The van der Waals surface area contributed by atoms with Crippen molar-refractivity contribution in [2.45, 2.75) is 32.7 Å². The number of carbonyl (C=O) groups excluding carboxylic acids is 1. The summed E-state index contributed by atoms with van der Waals surface area (Å²) in [7, 11) is 0. The van der Waals surface area contributed by atoms with Gasteiger partial charge >= 0.3 is 5.97 Å². The van der Waals surface area contributed by atoms with Crippen LogP contribution in [0.1, 0.15) is 26.7 Å². The van der Waals surface area contributed by atoms with Gasteiger partial charge in [0.2, 0.25) is 5.91 Å². The van der Waals surface area contributed by atoms with E-state index in [9.17, 15) is 9.59 Å². The lowest BCUT2D eigenvalue weighted by atomic mass is 9.94. The molecule has 5 heteroatoms. The van der Waals surface area contributed by atoms with Gasteiger partial charge in [-0.15, -0.1) is 0 Å². The molecule has 1 heterocycles. The van der Waals surface area contributed by atoms with E-state index in [1.807, 2.05) is 0 Å². The summed E-state index contributed by atoms with van der Waals surface area (Å²) in [5, 5.41) is 18.0. The van der Waals surface area contributed by atoms with E-state index in [-0.39, 0.29) is 18.6 Å². The Bertz CT molecular complexity index is 279. The second-order valence-electron chi connectivity index (χ2n) is 4.43. The van der Waals surface area contributed by atoms with Crippen LogP contribution < -0.4 is 0 Å². The first-order chi connectivity index (χ1) is 7.49. The summed E-state index contributed by atoms with van der Waals surface area (Å²) in [6.07, 6.45) is 1.68. The molecule has 0 saturated carbocycles. The topological polar surface area (TPSA) is 77.8 Å². The van der Waals surface area contributed by atoms with E-state index in [0.29, 0.717) is 6.54 Å². The van der Waals surface area contributed by atoms with Crippen LogP contribution in [0.5, 0.6) is 0 Å². The number of hydrogen-bond acceptors (Lipinski definition) is 3. The van der Waals surface area contributed by atoms with Gasteiger partial charge in [0.15, 0.2) is 0 Å². The van der Waals surface area contributed by atoms with Gasteiger partial charge in [-0.1, -0.05) is 13.8 Å². The number of hydrogen-bond donors (Lipinski definition) is 2. The number of amides is 1. The van der Waals surface area contributed by atoms with Gasteiger partial charge < -0.3 is 15.1 Å². The molecule has 0 aromatic carbocycles. The van der Waals surface area contributed by atoms with Gasteiger partial charge in [-0.2, -0.15) is 0 Å². The highest BCUT2D eigenvalue weighted by atomic mass is 16.4. The minimum Gasteiger partial charge on any atom is -0.481 e. The highest BCUT2D eigenvalue weighted by Gasteiger charge is 2.34. The Morgan fingerprint density at radius 3 is 2.50 bits per heavy atom. The SMILES string of the molecule is CC(C(=O)O)C(C)C(=O)N1CCC[C@@H]1CO. The lowest BCUT2D eigenvalue weighted by molar-refractivity contribution is -0.149. The molecular weight excluding hydrogens is 210 g/mol. The van der Waals surface area contributed by atoms with Gasteiger partial charge in [0.25, 0.3) is 0 Å². The van der Waals surface area contributed by atoms with Crippen LogP contribution in [-0.4, -0.2) is 46.2 Å². The van der Waals surface area contributed by atoms with Crippen molar-refractivity contribution in [2.24, 2.45) is 11.8 Å². The smallest absolute Gasteiger partial charge is 0.307 e. The van der Waals surface area contributed by atoms with Crippen molar-refractivity contribution in [1.82, 2.24) is 4.90 Å². The Labute approximate surface area is 95.1 Å². The van der Waals surface area contributed by atoms with Crippen molar-refractivity contribution in [3.05, 3.63) is 0 Å². The molecule has 5 nitrogen and oxygen atoms in total. The largest absolute Gasteiger partial charge is 0.481 e. The van der Waals surface area contributed by atoms with Crippen molar-refractivity contribution in [3.63, 3.8) is 0 Å². The predicted octanol–water partition coefficient (Wildman–Crippen LogP) is 0.326. The van der Waals surface area contributed by atoms with Crippen LogP contribution in [-0.2, 0) is 9.59 Å². The molecule has 3 atom stereocenters. The second kappa shape index (κ2) is 5.30. The minimum atomic E-state index is -0.958. The number of aliphatic carboxylic acids is 1. The maximum absolute atomic E-state index is 12.0. The summed E-state index contributed by atoms with van der Waals surface area (Å²) in [5.41, 5.74) is 0. The van der Waals surface area contributed by atoms with Crippen LogP contribution in [0.15, 0.2) is 0 Å². The standard InChI is InChI=1S/C11H19NO4/c1-7(8(2)11(15)16)10(14)12-5-3-4-9(12)6-13/h7-9,13H,3-6H2,1-2H3,(H,15,16)/t7?,8?,9-/m1/s1. The van der Waals surface area contributed by atoms with E-state index in [2.05, 4.69) is 0 Å². The average Bonchev–Trinajstić information content (AvgIpc) is 2.73. The van der Waals surface area contributed by atoms with Gasteiger partial charge in [-0.05, 0) is 12.8 Å². The number of carboxylic acids is 1. The first kappa shape index (κ1) is 13.0. The van der Waals surface area contributed by atoms with Gasteiger partial charge in [0, 0.05) is 12.5 Å². The van der Waals surface area contributed by atoms with Crippen molar-refractivity contribution >= 4 is 11.9 Å². The summed E-state index contributed by atoms with van der Waals surface area (Å²) in [4.78, 5) is 24.4. The number of likely N-dealkylation sites (tertiary alicyclic amines) is 1. The molecule has 0 aliphatic carbocycles. The fraction of sp³-hybridized carbons (Fsp3) is 0.818. The summed E-state index contributed by atoms with van der Waals surface area (Å²) in [5.74, 6) is -2.34. The van der Waals surface area contributed by atoms with E-state index in [1.165, 1.54) is 6.92 Å². The zero-order valence-corrected chi connectivity index (χ0v) is 9.72. The Hall–Kier alpha value is -1.10. The van der Waals surface area contributed by atoms with E-state index < -0.39 is 17.8 Å². The van der Waals surface area contributed by atoms with Crippen LogP contribution in [0.2, 0.25) is 0 Å². The Balaban J connectivity index is 2.66. The number of rotatable bonds is 4. The molecule has 2 N–H and O–H groups in total. The van der Waals surface area contributed by atoms with Crippen molar-refractivity contribution < 1.29 is 19.8 Å². The molecular formula is C11H19NO4. The van der Waals surface area contributed by atoms with Gasteiger partial charge in [-0.3, -0.25) is 9.59 Å². The monoisotopic (exact) mass is 229 g/mol. The third-order valence-corrected chi connectivity index (χ3v) is 3.40. The summed E-state index contributed by atoms with van der Waals surface area (Å²) < 4.78 is 0. The number of nitrogens with zero attached hydrogens (tertiary/aromatic N) is 1. The molecule has 0 radical (unpaired) electrons. The Kier molecular flexibility index (Phi) is 4.29. The van der Waals surface area contributed by atoms with Crippen molar-refractivity contribution in [2.75, 3.05) is 13.2 Å². The predicted molar refractivity (Wildman–Crippen MR) is 57.8 cm³/mol. The first-order valence-electron chi connectivity index (χ1n) is 5.63. The number of carboxylic acid groups (broad SMARTS) is 1. The maximum atomic E-state index is 12.0. The molecule has 1 amide bonds. The molecule has 1 aliphatic rings. The highest BCUT2D eigenvalue weighted by Crippen LogP contribution is 2.22. The third kappa shape index (κ3) is 2.52. The zero-order valence-electron chi connectivity index (χ0n) is 9.72. The van der Waals surface area contributed by atoms with Gasteiger partial charge in [-0.25, -0.2) is 0 Å². The van der Waals surface area contributed by atoms with Crippen LogP contribution >= 0.6 is 0 Å². The van der Waals surface area contributed by atoms with Crippen molar-refractivity contribution in [1.29, 1.82) is 0 Å². The molecule has 1 saturated heterocycles. The third-order valence-electron chi connectivity index (χ3n) is 3.40. The van der Waals surface area contributed by atoms with Crippen LogP contribution in [0.4, 0.5) is 0 Å². The molecule has 0 aromatic heterocycles. The fourth-order valence-electron chi connectivity index (χ4n) is 2.00. The van der Waals surface area contributed by atoms with Gasteiger partial charge in [0.05, 0.1) is 18.6 Å². The Morgan fingerprint density at radius 2 is 2.00 bits per heavy atom. The second-order valence-corrected chi connectivity index (χ2v) is 4.43. The molecule has 16 heavy (non-hydrogen) atoms. The van der Waals surface area contributed by atoms with E-state index in [4.69, 9.17) is 10.2 Å². The molecule has 0 aromatic rings. The lowest BCUT2D eigenvalue weighted by Crippen LogP contribution is -2.43. The number of carbonyl (C=O) groups is 2. The first-order valence-corrected chi connectivity index (χ1v) is 5.63. The summed E-state index contributed by atoms with van der Waals surface area (Å²) in [6.45, 7) is 3.75. The van der Waals surface area contributed by atoms with E-state index in [0.717, 1.165) is 12.8 Å². The van der Waals surface area contributed by atoms with Crippen LogP contribution in [0.25, 0.3) is 0 Å². The van der Waals surface area contributed by atoms with Crippen LogP contribution in [0, 0.1) is 11.8 Å². The molecule has 0 spiro atoms.